The normalized spacial score (nSPS) is 12.4. The highest BCUT2D eigenvalue weighted by Gasteiger charge is 2.17. The minimum Gasteiger partial charge on any atom is -0.305 e. The number of rotatable bonds is 4. The lowest BCUT2D eigenvalue weighted by atomic mass is 9.98. The molecule has 1 aromatic heterocycles. The van der Waals surface area contributed by atoms with Gasteiger partial charge in [-0.3, -0.25) is 9.97 Å². The van der Waals surface area contributed by atoms with E-state index in [1.807, 2.05) is 20.8 Å². The van der Waals surface area contributed by atoms with Crippen molar-refractivity contribution in [1.29, 1.82) is 0 Å². The fourth-order valence-corrected chi connectivity index (χ4v) is 2.05. The van der Waals surface area contributed by atoms with Crippen molar-refractivity contribution in [3.05, 3.63) is 58.9 Å². The molecule has 2 rings (SSSR count). The van der Waals surface area contributed by atoms with Crippen LogP contribution in [-0.2, 0) is 0 Å². The van der Waals surface area contributed by atoms with Gasteiger partial charge in [0.1, 0.15) is 5.82 Å². The lowest BCUT2D eigenvalue weighted by Gasteiger charge is -2.19. The zero-order valence-corrected chi connectivity index (χ0v) is 11.4. The zero-order chi connectivity index (χ0) is 13.8. The second-order valence-electron chi connectivity index (χ2n) is 4.57. The van der Waals surface area contributed by atoms with Crippen molar-refractivity contribution in [1.82, 2.24) is 15.3 Å². The Hall–Kier alpha value is -1.81. The van der Waals surface area contributed by atoms with Crippen LogP contribution in [-0.4, -0.2) is 16.5 Å². The Morgan fingerprint density at radius 3 is 2.63 bits per heavy atom. The number of aryl methyl sites for hydroxylation is 2. The second kappa shape index (κ2) is 5.89. The summed E-state index contributed by atoms with van der Waals surface area (Å²) < 4.78 is 13.5. The van der Waals surface area contributed by atoms with Crippen LogP contribution in [0.3, 0.4) is 0 Å². The predicted octanol–water partition coefficient (Wildman–Crippen LogP) is 2.93. The summed E-state index contributed by atoms with van der Waals surface area (Å²) in [5.41, 5.74) is 3.62. The van der Waals surface area contributed by atoms with Crippen molar-refractivity contribution >= 4 is 0 Å². The summed E-state index contributed by atoms with van der Waals surface area (Å²) in [7, 11) is 0. The first-order valence-electron chi connectivity index (χ1n) is 6.39. The Morgan fingerprint density at radius 1 is 1.21 bits per heavy atom. The topological polar surface area (TPSA) is 37.8 Å². The first-order chi connectivity index (χ1) is 9.11. The number of nitrogens with zero attached hydrogens (tertiary/aromatic N) is 2. The molecule has 1 heterocycles. The molecule has 1 unspecified atom stereocenters. The quantitative estimate of drug-likeness (QED) is 0.917. The third-order valence-electron chi connectivity index (χ3n) is 3.06. The zero-order valence-electron chi connectivity index (χ0n) is 11.4. The molecular formula is C15H18FN3. The molecule has 0 aliphatic carbocycles. The molecule has 0 fully saturated rings. The van der Waals surface area contributed by atoms with Crippen LogP contribution in [0.2, 0.25) is 0 Å². The molecule has 0 bridgehead atoms. The molecule has 1 aromatic carbocycles. The third-order valence-corrected chi connectivity index (χ3v) is 3.06. The average molecular weight is 259 g/mol. The van der Waals surface area contributed by atoms with Gasteiger partial charge < -0.3 is 5.32 Å². The molecule has 0 radical (unpaired) electrons. The van der Waals surface area contributed by atoms with Crippen LogP contribution in [0.15, 0.2) is 30.6 Å². The molecule has 100 valence electrons. The Labute approximate surface area is 112 Å². The van der Waals surface area contributed by atoms with Crippen molar-refractivity contribution in [2.45, 2.75) is 26.8 Å². The van der Waals surface area contributed by atoms with Crippen molar-refractivity contribution in [2.24, 2.45) is 0 Å². The lowest BCUT2D eigenvalue weighted by molar-refractivity contribution is 0.590. The minimum absolute atomic E-state index is 0.131. The summed E-state index contributed by atoms with van der Waals surface area (Å²) in [6.07, 6.45) is 3.47. The Balaban J connectivity index is 2.44. The van der Waals surface area contributed by atoms with Gasteiger partial charge in [-0.15, -0.1) is 0 Å². The third kappa shape index (κ3) is 3.15. The van der Waals surface area contributed by atoms with Gasteiger partial charge in [0.15, 0.2) is 0 Å². The molecule has 0 spiro atoms. The maximum absolute atomic E-state index is 13.5. The van der Waals surface area contributed by atoms with Gasteiger partial charge in [-0.1, -0.05) is 13.0 Å². The molecule has 0 saturated carbocycles. The molecule has 0 amide bonds. The average Bonchev–Trinajstić information content (AvgIpc) is 2.40. The Kier molecular flexibility index (Phi) is 4.22. The highest BCUT2D eigenvalue weighted by molar-refractivity contribution is 5.34. The van der Waals surface area contributed by atoms with E-state index < -0.39 is 0 Å². The van der Waals surface area contributed by atoms with Gasteiger partial charge in [0.05, 0.1) is 23.6 Å². The molecule has 4 heteroatoms. The maximum atomic E-state index is 13.5. The molecule has 0 aliphatic rings. The molecule has 3 nitrogen and oxygen atoms in total. The van der Waals surface area contributed by atoms with E-state index in [4.69, 9.17) is 0 Å². The monoisotopic (exact) mass is 259 g/mol. The van der Waals surface area contributed by atoms with Crippen LogP contribution < -0.4 is 5.32 Å². The van der Waals surface area contributed by atoms with E-state index in [0.717, 1.165) is 29.1 Å². The smallest absolute Gasteiger partial charge is 0.123 e. The lowest BCUT2D eigenvalue weighted by Crippen LogP contribution is -2.24. The van der Waals surface area contributed by atoms with Gasteiger partial charge in [-0.05, 0) is 43.7 Å². The number of benzene rings is 1. The summed E-state index contributed by atoms with van der Waals surface area (Å²) in [6.45, 7) is 6.66. The fourth-order valence-electron chi connectivity index (χ4n) is 2.05. The van der Waals surface area contributed by atoms with E-state index >= 15 is 0 Å². The molecule has 19 heavy (non-hydrogen) atoms. The van der Waals surface area contributed by atoms with E-state index in [2.05, 4.69) is 15.3 Å². The largest absolute Gasteiger partial charge is 0.305 e. The van der Waals surface area contributed by atoms with Crippen molar-refractivity contribution in [3.8, 4) is 0 Å². The summed E-state index contributed by atoms with van der Waals surface area (Å²) in [5, 5.41) is 3.33. The van der Waals surface area contributed by atoms with Gasteiger partial charge in [0.2, 0.25) is 0 Å². The second-order valence-corrected chi connectivity index (χ2v) is 4.57. The van der Waals surface area contributed by atoms with Gasteiger partial charge in [0.25, 0.3) is 0 Å². The standard InChI is InChI=1S/C15H18FN3/c1-4-17-15(14-9-18-11(3)8-19-14)13-7-12(16)6-5-10(13)2/h5-9,15,17H,4H2,1-3H3. The van der Waals surface area contributed by atoms with Crippen molar-refractivity contribution < 1.29 is 4.39 Å². The molecule has 0 saturated heterocycles. The van der Waals surface area contributed by atoms with Crippen LogP contribution in [0.4, 0.5) is 4.39 Å². The van der Waals surface area contributed by atoms with E-state index in [9.17, 15) is 4.39 Å². The summed E-state index contributed by atoms with van der Waals surface area (Å²) in [4.78, 5) is 8.66. The first kappa shape index (κ1) is 13.6. The van der Waals surface area contributed by atoms with Crippen molar-refractivity contribution in [2.75, 3.05) is 6.54 Å². The maximum Gasteiger partial charge on any atom is 0.123 e. The van der Waals surface area contributed by atoms with Gasteiger partial charge >= 0.3 is 0 Å². The number of halogens is 1. The van der Waals surface area contributed by atoms with Crippen molar-refractivity contribution in [3.63, 3.8) is 0 Å². The summed E-state index contributed by atoms with van der Waals surface area (Å²) in [5.74, 6) is -0.233. The van der Waals surface area contributed by atoms with Crippen LogP contribution >= 0.6 is 0 Å². The van der Waals surface area contributed by atoms with E-state index in [-0.39, 0.29) is 11.9 Å². The van der Waals surface area contributed by atoms with E-state index in [0.29, 0.717) is 0 Å². The SMILES string of the molecule is CCNC(c1cnc(C)cn1)c1cc(F)ccc1C. The van der Waals surface area contributed by atoms with Crippen LogP contribution in [0, 0.1) is 19.7 Å². The molecule has 0 aliphatic heterocycles. The molecular weight excluding hydrogens is 241 g/mol. The summed E-state index contributed by atoms with van der Waals surface area (Å²) >= 11 is 0. The number of aromatic nitrogens is 2. The first-order valence-corrected chi connectivity index (χ1v) is 6.39. The molecule has 1 N–H and O–H groups in total. The Morgan fingerprint density at radius 2 is 2.00 bits per heavy atom. The summed E-state index contributed by atoms with van der Waals surface area (Å²) in [6, 6.07) is 4.69. The van der Waals surface area contributed by atoms with Crippen LogP contribution in [0.5, 0.6) is 0 Å². The Bertz CT molecular complexity index is 552. The molecule has 2 aromatic rings. The van der Waals surface area contributed by atoms with E-state index in [1.165, 1.54) is 6.07 Å². The van der Waals surface area contributed by atoms with Crippen LogP contribution in [0.1, 0.15) is 35.5 Å². The number of nitrogens with one attached hydrogen (secondary N) is 1. The highest BCUT2D eigenvalue weighted by Crippen LogP contribution is 2.24. The van der Waals surface area contributed by atoms with Gasteiger partial charge in [-0.25, -0.2) is 4.39 Å². The van der Waals surface area contributed by atoms with Gasteiger partial charge in [0, 0.05) is 6.20 Å². The fraction of sp³-hybridized carbons (Fsp3) is 0.333. The predicted molar refractivity (Wildman–Crippen MR) is 73.4 cm³/mol. The number of hydrogen-bond donors (Lipinski definition) is 1. The number of hydrogen-bond acceptors (Lipinski definition) is 3. The van der Waals surface area contributed by atoms with E-state index in [1.54, 1.807) is 24.5 Å². The minimum atomic E-state index is -0.233. The molecule has 1 atom stereocenters. The van der Waals surface area contributed by atoms with Crippen LogP contribution in [0.25, 0.3) is 0 Å². The van der Waals surface area contributed by atoms with Gasteiger partial charge in [-0.2, -0.15) is 0 Å². The highest BCUT2D eigenvalue weighted by atomic mass is 19.1.